The van der Waals surface area contributed by atoms with Gasteiger partial charge in [0.05, 0.1) is 7.11 Å². The van der Waals surface area contributed by atoms with Crippen LogP contribution in [0.4, 0.5) is 0 Å². The van der Waals surface area contributed by atoms with Crippen molar-refractivity contribution in [1.82, 2.24) is 5.32 Å². The third kappa shape index (κ3) is 2.69. The van der Waals surface area contributed by atoms with E-state index < -0.39 is 11.9 Å². The number of halogens is 1. The summed E-state index contributed by atoms with van der Waals surface area (Å²) in [7, 11) is 1.28. The average molecular weight is 278 g/mol. The number of methoxy groups -OCH3 is 1. The van der Waals surface area contributed by atoms with E-state index in [2.05, 4.69) is 16.6 Å². The number of esters is 1. The van der Waals surface area contributed by atoms with Gasteiger partial charge in [-0.1, -0.05) is 30.3 Å². The molecule has 1 aliphatic rings. The Morgan fingerprint density at radius 3 is 2.63 bits per heavy atom. The molecular formula is C14H12ClNO3. The minimum absolute atomic E-state index is 0.319. The molecule has 19 heavy (non-hydrogen) atoms. The maximum absolute atomic E-state index is 11.8. The standard InChI is InChI=1S/C14H12ClNO3/c1-8-12(14(18)19-2)11(13(17)16-8)7-9-3-5-10(15)6-4-9/h3-7,12H,1H2,2H3,(H,16,17)/b11-7+/t12-/m0/s1. The molecular weight excluding hydrogens is 266 g/mol. The first-order valence-electron chi connectivity index (χ1n) is 5.58. The molecule has 1 heterocycles. The lowest BCUT2D eigenvalue weighted by Crippen LogP contribution is -2.17. The molecule has 0 aliphatic carbocycles. The van der Waals surface area contributed by atoms with E-state index in [1.54, 1.807) is 30.3 Å². The number of carbonyl (C=O) groups is 2. The molecule has 4 nitrogen and oxygen atoms in total. The molecule has 1 amide bonds. The summed E-state index contributed by atoms with van der Waals surface area (Å²) >= 11 is 5.79. The van der Waals surface area contributed by atoms with E-state index >= 15 is 0 Å². The normalized spacial score (nSPS) is 20.5. The molecule has 1 aromatic rings. The zero-order valence-electron chi connectivity index (χ0n) is 10.3. The molecule has 0 bridgehead atoms. The van der Waals surface area contributed by atoms with Gasteiger partial charge in [-0.2, -0.15) is 0 Å². The van der Waals surface area contributed by atoms with Gasteiger partial charge in [0.2, 0.25) is 0 Å². The van der Waals surface area contributed by atoms with Crippen molar-refractivity contribution in [1.29, 1.82) is 0 Å². The molecule has 1 aliphatic heterocycles. The van der Waals surface area contributed by atoms with Crippen molar-refractivity contribution in [2.75, 3.05) is 7.11 Å². The predicted octanol–water partition coefficient (Wildman–Crippen LogP) is 2.16. The summed E-state index contributed by atoms with van der Waals surface area (Å²) in [6.07, 6.45) is 1.63. The van der Waals surface area contributed by atoms with Crippen molar-refractivity contribution in [2.45, 2.75) is 0 Å². The number of ether oxygens (including phenoxy) is 1. The van der Waals surface area contributed by atoms with Crippen LogP contribution in [-0.2, 0) is 14.3 Å². The second-order valence-corrected chi connectivity index (χ2v) is 4.52. The first kappa shape index (κ1) is 13.4. The summed E-state index contributed by atoms with van der Waals surface area (Å²) in [6, 6.07) is 6.95. The highest BCUT2D eigenvalue weighted by Crippen LogP contribution is 2.28. The van der Waals surface area contributed by atoms with Crippen LogP contribution in [0.15, 0.2) is 42.1 Å². The van der Waals surface area contributed by atoms with Crippen LogP contribution in [0.2, 0.25) is 5.02 Å². The van der Waals surface area contributed by atoms with Gasteiger partial charge in [-0.3, -0.25) is 9.59 Å². The lowest BCUT2D eigenvalue weighted by atomic mass is 9.98. The number of nitrogens with one attached hydrogen (secondary N) is 1. The number of carbonyl (C=O) groups excluding carboxylic acids is 2. The van der Waals surface area contributed by atoms with Crippen LogP contribution < -0.4 is 5.32 Å². The largest absolute Gasteiger partial charge is 0.468 e. The van der Waals surface area contributed by atoms with E-state index in [9.17, 15) is 9.59 Å². The summed E-state index contributed by atoms with van der Waals surface area (Å²) in [5, 5.41) is 3.14. The van der Waals surface area contributed by atoms with Crippen LogP contribution in [-0.4, -0.2) is 19.0 Å². The van der Waals surface area contributed by atoms with Gasteiger partial charge in [-0.25, -0.2) is 0 Å². The van der Waals surface area contributed by atoms with Gasteiger partial charge in [0.15, 0.2) is 0 Å². The summed E-state index contributed by atoms with van der Waals surface area (Å²) in [5.41, 5.74) is 1.43. The minimum atomic E-state index is -0.770. The minimum Gasteiger partial charge on any atom is -0.468 e. The highest BCUT2D eigenvalue weighted by molar-refractivity contribution is 6.30. The Morgan fingerprint density at radius 1 is 1.42 bits per heavy atom. The van der Waals surface area contributed by atoms with Crippen LogP contribution in [0.25, 0.3) is 6.08 Å². The van der Waals surface area contributed by atoms with Crippen LogP contribution in [0.1, 0.15) is 5.56 Å². The summed E-state index contributed by atoms with van der Waals surface area (Å²) in [5.74, 6) is -1.62. The molecule has 0 spiro atoms. The zero-order chi connectivity index (χ0) is 14.0. The fourth-order valence-electron chi connectivity index (χ4n) is 1.88. The molecule has 1 atom stereocenters. The van der Waals surface area contributed by atoms with Gasteiger partial charge in [0, 0.05) is 16.3 Å². The van der Waals surface area contributed by atoms with E-state index in [1.165, 1.54) is 7.11 Å². The summed E-state index contributed by atoms with van der Waals surface area (Å²) in [4.78, 5) is 23.5. The fourth-order valence-corrected chi connectivity index (χ4v) is 2.01. The third-order valence-corrected chi connectivity index (χ3v) is 3.08. The van der Waals surface area contributed by atoms with Gasteiger partial charge >= 0.3 is 5.97 Å². The Hall–Kier alpha value is -2.07. The predicted molar refractivity (Wildman–Crippen MR) is 72.2 cm³/mol. The molecule has 2 rings (SSSR count). The quantitative estimate of drug-likeness (QED) is 0.666. The fraction of sp³-hybridized carbons (Fsp3) is 0.143. The molecule has 1 saturated heterocycles. The van der Waals surface area contributed by atoms with Crippen molar-refractivity contribution < 1.29 is 14.3 Å². The summed E-state index contributed by atoms with van der Waals surface area (Å²) in [6.45, 7) is 3.67. The van der Waals surface area contributed by atoms with Crippen molar-refractivity contribution >= 4 is 29.6 Å². The first-order chi connectivity index (χ1) is 9.02. The number of hydrogen-bond donors (Lipinski definition) is 1. The first-order valence-corrected chi connectivity index (χ1v) is 5.96. The van der Waals surface area contributed by atoms with Gasteiger partial charge < -0.3 is 10.1 Å². The number of hydrogen-bond acceptors (Lipinski definition) is 3. The molecule has 1 N–H and O–H groups in total. The van der Waals surface area contributed by atoms with Crippen LogP contribution in [0, 0.1) is 5.92 Å². The number of rotatable bonds is 2. The van der Waals surface area contributed by atoms with Crippen molar-refractivity contribution in [3.63, 3.8) is 0 Å². The topological polar surface area (TPSA) is 55.4 Å². The molecule has 0 saturated carbocycles. The molecule has 0 aromatic heterocycles. The SMILES string of the molecule is C=C1NC(=O)/C(=C/c2ccc(Cl)cc2)[C@H]1C(=O)OC. The third-order valence-electron chi connectivity index (χ3n) is 2.82. The lowest BCUT2D eigenvalue weighted by molar-refractivity contribution is -0.142. The Balaban J connectivity index is 2.39. The highest BCUT2D eigenvalue weighted by Gasteiger charge is 2.37. The van der Waals surface area contributed by atoms with Crippen LogP contribution in [0.3, 0.4) is 0 Å². The molecule has 0 radical (unpaired) electrons. The summed E-state index contributed by atoms with van der Waals surface area (Å²) < 4.78 is 4.69. The van der Waals surface area contributed by atoms with Gasteiger partial charge in [0.25, 0.3) is 5.91 Å². The highest BCUT2D eigenvalue weighted by atomic mass is 35.5. The second-order valence-electron chi connectivity index (χ2n) is 4.09. The average Bonchev–Trinajstić information content (AvgIpc) is 2.66. The zero-order valence-corrected chi connectivity index (χ0v) is 11.0. The number of benzene rings is 1. The van der Waals surface area contributed by atoms with E-state index in [-0.39, 0.29) is 5.91 Å². The van der Waals surface area contributed by atoms with E-state index in [0.717, 1.165) is 5.56 Å². The molecule has 0 unspecified atom stereocenters. The van der Waals surface area contributed by atoms with Gasteiger partial charge in [-0.15, -0.1) is 0 Å². The van der Waals surface area contributed by atoms with E-state index in [0.29, 0.717) is 16.3 Å². The van der Waals surface area contributed by atoms with E-state index in [4.69, 9.17) is 11.6 Å². The van der Waals surface area contributed by atoms with Crippen molar-refractivity contribution in [2.24, 2.45) is 5.92 Å². The maximum Gasteiger partial charge on any atom is 0.319 e. The van der Waals surface area contributed by atoms with Crippen molar-refractivity contribution in [3.05, 3.63) is 52.7 Å². The monoisotopic (exact) mass is 277 g/mol. The Labute approximate surface area is 115 Å². The Morgan fingerprint density at radius 2 is 2.05 bits per heavy atom. The molecule has 1 aromatic carbocycles. The van der Waals surface area contributed by atoms with Crippen LogP contribution in [0.5, 0.6) is 0 Å². The molecule has 5 heteroatoms. The van der Waals surface area contributed by atoms with E-state index in [1.807, 2.05) is 0 Å². The van der Waals surface area contributed by atoms with Crippen molar-refractivity contribution in [3.8, 4) is 0 Å². The van der Waals surface area contributed by atoms with Crippen LogP contribution >= 0.6 is 11.6 Å². The van der Waals surface area contributed by atoms with Gasteiger partial charge in [0.1, 0.15) is 5.92 Å². The maximum atomic E-state index is 11.8. The number of amides is 1. The molecule has 1 fully saturated rings. The Bertz CT molecular complexity index is 575. The second kappa shape index (κ2) is 5.28. The molecule has 98 valence electrons. The van der Waals surface area contributed by atoms with Gasteiger partial charge in [-0.05, 0) is 23.8 Å². The Kier molecular flexibility index (Phi) is 3.71. The smallest absolute Gasteiger partial charge is 0.319 e. The lowest BCUT2D eigenvalue weighted by Gasteiger charge is -2.08.